The third kappa shape index (κ3) is 5.27. The number of fused-ring (bicyclic) bond motifs is 1. The van der Waals surface area contributed by atoms with Crippen molar-refractivity contribution in [3.63, 3.8) is 0 Å². The van der Waals surface area contributed by atoms with E-state index in [0.29, 0.717) is 52.1 Å². The van der Waals surface area contributed by atoms with Crippen molar-refractivity contribution in [1.29, 1.82) is 0 Å². The average molecular weight is 607 g/mol. The molecule has 0 fully saturated rings. The van der Waals surface area contributed by atoms with Gasteiger partial charge in [-0.05, 0) is 42.3 Å². The average Bonchev–Trinajstić information content (AvgIpc) is 3.73. The van der Waals surface area contributed by atoms with Crippen LogP contribution in [0.1, 0.15) is 24.1 Å². The first kappa shape index (κ1) is 27.6. The van der Waals surface area contributed by atoms with Crippen LogP contribution in [0, 0.1) is 0 Å². The van der Waals surface area contributed by atoms with Crippen LogP contribution in [-0.4, -0.2) is 66.0 Å². The normalized spacial score (nSPS) is 14.2. The summed E-state index contributed by atoms with van der Waals surface area (Å²) in [7, 11) is 1.53. The molecule has 2 aromatic carbocycles. The maximum absolute atomic E-state index is 13.5. The molecule has 0 spiro atoms. The van der Waals surface area contributed by atoms with Crippen LogP contribution in [-0.2, 0) is 11.2 Å². The standard InChI is InChI=1S/C28H24Cl2N8O4/c1-42-11-10-36(28(40)41)18-5-2-16(3-6-18)21-14-31-27(33-21)23-8-9-25-32-20(13-26(39)38(23)25)19-12-17(29)4-7-22(19)37-15-24(30)34-35-37/h2-7,12-15,23H,8-11H2,1H3,(H,31,33)(H,40,41)/t23-/m0/s1. The number of imidazole rings is 1. The Morgan fingerprint density at radius 1 is 1.19 bits per heavy atom. The highest BCUT2D eigenvalue weighted by atomic mass is 35.5. The molecule has 12 nitrogen and oxygen atoms in total. The molecule has 0 radical (unpaired) electrons. The zero-order chi connectivity index (χ0) is 29.4. The molecule has 0 saturated heterocycles. The molecule has 0 aliphatic carbocycles. The first-order chi connectivity index (χ1) is 20.3. The lowest BCUT2D eigenvalue weighted by Crippen LogP contribution is -2.32. The molecule has 1 aliphatic heterocycles. The monoisotopic (exact) mass is 606 g/mol. The van der Waals surface area contributed by atoms with Crippen LogP contribution in [0.15, 0.2) is 65.7 Å². The van der Waals surface area contributed by atoms with E-state index in [4.69, 9.17) is 32.9 Å². The molecule has 42 heavy (non-hydrogen) atoms. The molecular weight excluding hydrogens is 583 g/mol. The number of aromatic nitrogens is 7. The van der Waals surface area contributed by atoms with Gasteiger partial charge in [-0.25, -0.2) is 19.4 Å². The molecule has 1 atom stereocenters. The lowest BCUT2D eigenvalue weighted by molar-refractivity contribution is 0.186. The largest absolute Gasteiger partial charge is 0.465 e. The Morgan fingerprint density at radius 3 is 2.71 bits per heavy atom. The number of aryl methyl sites for hydroxylation is 1. The predicted octanol–water partition coefficient (Wildman–Crippen LogP) is 4.85. The number of nitrogens with zero attached hydrogens (tertiary/aromatic N) is 7. The molecule has 1 aliphatic rings. The summed E-state index contributed by atoms with van der Waals surface area (Å²) in [5.41, 5.74) is 3.63. The highest BCUT2D eigenvalue weighted by Crippen LogP contribution is 2.33. The van der Waals surface area contributed by atoms with Gasteiger partial charge in [0.2, 0.25) is 0 Å². The summed E-state index contributed by atoms with van der Waals surface area (Å²) in [5, 5.41) is 18.1. The molecule has 3 aromatic heterocycles. The van der Waals surface area contributed by atoms with Gasteiger partial charge in [-0.1, -0.05) is 40.5 Å². The van der Waals surface area contributed by atoms with Gasteiger partial charge in [0, 0.05) is 35.9 Å². The van der Waals surface area contributed by atoms with Gasteiger partial charge >= 0.3 is 6.09 Å². The lowest BCUT2D eigenvalue weighted by Gasteiger charge is -2.19. The summed E-state index contributed by atoms with van der Waals surface area (Å²) < 4.78 is 8.19. The van der Waals surface area contributed by atoms with Gasteiger partial charge in [-0.3, -0.25) is 14.3 Å². The second-order valence-electron chi connectivity index (χ2n) is 9.62. The Kier molecular flexibility index (Phi) is 7.50. The van der Waals surface area contributed by atoms with Crippen molar-refractivity contribution in [2.75, 3.05) is 25.2 Å². The van der Waals surface area contributed by atoms with E-state index in [1.165, 1.54) is 22.8 Å². The summed E-state index contributed by atoms with van der Waals surface area (Å²) in [6.45, 7) is 0.506. The summed E-state index contributed by atoms with van der Waals surface area (Å²) in [6, 6.07) is 13.5. The van der Waals surface area contributed by atoms with Crippen molar-refractivity contribution in [1.82, 2.24) is 34.5 Å². The van der Waals surface area contributed by atoms with Crippen LogP contribution in [0.4, 0.5) is 10.5 Å². The van der Waals surface area contributed by atoms with Crippen molar-refractivity contribution in [2.24, 2.45) is 0 Å². The number of amides is 1. The number of hydrogen-bond donors (Lipinski definition) is 2. The van der Waals surface area contributed by atoms with Gasteiger partial charge in [0.15, 0.2) is 5.15 Å². The number of nitrogens with one attached hydrogen (secondary N) is 1. The number of carbonyl (C=O) groups is 1. The second kappa shape index (κ2) is 11.4. The molecule has 0 saturated carbocycles. The van der Waals surface area contributed by atoms with E-state index in [1.54, 1.807) is 47.3 Å². The fourth-order valence-corrected chi connectivity index (χ4v) is 5.40. The fraction of sp³-hybridized carbons (Fsp3) is 0.214. The second-order valence-corrected chi connectivity index (χ2v) is 10.4. The number of anilines is 1. The Labute approximate surface area is 249 Å². The van der Waals surface area contributed by atoms with Gasteiger partial charge in [0.05, 0.1) is 48.7 Å². The van der Waals surface area contributed by atoms with Crippen LogP contribution in [0.2, 0.25) is 10.2 Å². The minimum atomic E-state index is -1.06. The van der Waals surface area contributed by atoms with Crippen LogP contribution in [0.5, 0.6) is 0 Å². The topological polar surface area (TPSA) is 144 Å². The van der Waals surface area contributed by atoms with E-state index in [9.17, 15) is 14.7 Å². The van der Waals surface area contributed by atoms with Crippen molar-refractivity contribution in [3.05, 3.63) is 93.1 Å². The van der Waals surface area contributed by atoms with E-state index in [0.717, 1.165) is 11.3 Å². The van der Waals surface area contributed by atoms with Crippen molar-refractivity contribution >= 4 is 35.0 Å². The zero-order valence-corrected chi connectivity index (χ0v) is 23.7. The van der Waals surface area contributed by atoms with Gasteiger partial charge in [0.25, 0.3) is 5.56 Å². The first-order valence-electron chi connectivity index (χ1n) is 13.0. The Bertz CT molecular complexity index is 1830. The number of H-pyrrole nitrogens is 1. The number of hydrogen-bond acceptors (Lipinski definition) is 7. The predicted molar refractivity (Wildman–Crippen MR) is 157 cm³/mol. The molecule has 14 heteroatoms. The molecule has 214 valence electrons. The van der Waals surface area contributed by atoms with Crippen molar-refractivity contribution in [3.8, 4) is 28.2 Å². The molecule has 6 rings (SSSR count). The summed E-state index contributed by atoms with van der Waals surface area (Å²) >= 11 is 12.3. The van der Waals surface area contributed by atoms with E-state index in [2.05, 4.69) is 20.3 Å². The third-order valence-electron chi connectivity index (χ3n) is 7.08. The number of carboxylic acid groups (broad SMARTS) is 1. The molecule has 2 N–H and O–H groups in total. The number of aromatic amines is 1. The lowest BCUT2D eigenvalue weighted by atomic mass is 10.1. The number of ether oxygens (including phenoxy) is 1. The Morgan fingerprint density at radius 2 is 2.00 bits per heavy atom. The SMILES string of the molecule is COCCN(C(=O)O)c1ccc(-c2cnc([C@@H]3CCc4nc(-c5cc(Cl)ccc5-n5cc(Cl)nn5)cc(=O)n43)[nH]2)cc1. The number of methoxy groups -OCH3 is 1. The minimum absolute atomic E-state index is 0.216. The van der Waals surface area contributed by atoms with Gasteiger partial charge in [-0.15, -0.1) is 5.10 Å². The van der Waals surface area contributed by atoms with E-state index < -0.39 is 6.09 Å². The third-order valence-corrected chi connectivity index (χ3v) is 7.48. The first-order valence-corrected chi connectivity index (χ1v) is 13.7. The minimum Gasteiger partial charge on any atom is -0.465 e. The van der Waals surface area contributed by atoms with Crippen LogP contribution < -0.4 is 10.5 Å². The molecule has 4 heterocycles. The highest BCUT2D eigenvalue weighted by Gasteiger charge is 2.29. The summed E-state index contributed by atoms with van der Waals surface area (Å²) in [5.74, 6) is 1.27. The number of rotatable bonds is 8. The summed E-state index contributed by atoms with van der Waals surface area (Å²) in [6.07, 6.45) is 3.44. The highest BCUT2D eigenvalue weighted by molar-refractivity contribution is 6.31. The van der Waals surface area contributed by atoms with Gasteiger partial charge in [-0.2, -0.15) is 0 Å². The zero-order valence-electron chi connectivity index (χ0n) is 22.2. The number of benzene rings is 2. The smallest absolute Gasteiger partial charge is 0.411 e. The quantitative estimate of drug-likeness (QED) is 0.255. The van der Waals surface area contributed by atoms with E-state index >= 15 is 0 Å². The van der Waals surface area contributed by atoms with E-state index in [-0.39, 0.29) is 29.9 Å². The van der Waals surface area contributed by atoms with Crippen LogP contribution in [0.25, 0.3) is 28.2 Å². The molecule has 1 amide bonds. The van der Waals surface area contributed by atoms with Crippen molar-refractivity contribution < 1.29 is 14.6 Å². The maximum Gasteiger partial charge on any atom is 0.411 e. The Hall–Kier alpha value is -4.52. The summed E-state index contributed by atoms with van der Waals surface area (Å²) in [4.78, 5) is 39.1. The molecular formula is C28H24Cl2N8O4. The maximum atomic E-state index is 13.5. The molecule has 5 aromatic rings. The number of halogens is 2. The fourth-order valence-electron chi connectivity index (χ4n) is 5.11. The van der Waals surface area contributed by atoms with Crippen LogP contribution >= 0.6 is 23.2 Å². The molecule has 0 unspecified atom stereocenters. The molecule has 0 bridgehead atoms. The van der Waals surface area contributed by atoms with Gasteiger partial charge < -0.3 is 14.8 Å². The van der Waals surface area contributed by atoms with Crippen molar-refractivity contribution in [2.45, 2.75) is 18.9 Å². The van der Waals surface area contributed by atoms with Crippen LogP contribution in [0.3, 0.4) is 0 Å². The van der Waals surface area contributed by atoms with E-state index in [1.807, 2.05) is 12.1 Å². The van der Waals surface area contributed by atoms with Gasteiger partial charge in [0.1, 0.15) is 11.6 Å². The Balaban J connectivity index is 1.28.